The summed E-state index contributed by atoms with van der Waals surface area (Å²) in [6.45, 7) is 0. The molecule has 0 aliphatic rings. The van der Waals surface area contributed by atoms with Crippen LogP contribution in [-0.4, -0.2) is 9.97 Å². The Morgan fingerprint density at radius 2 is 0.973 bits per heavy atom. The van der Waals surface area contributed by atoms with E-state index >= 15 is 0 Å². The highest BCUT2D eigenvalue weighted by molar-refractivity contribution is 7.27. The number of fused-ring (bicyclic) bond motifs is 7. The van der Waals surface area contributed by atoms with E-state index in [2.05, 4.69) is 36.4 Å². The van der Waals surface area contributed by atoms with Crippen LogP contribution in [0.2, 0.25) is 0 Å². The molecule has 0 radical (unpaired) electrons. The minimum atomic E-state index is 0.683. The molecule has 0 saturated heterocycles. The van der Waals surface area contributed by atoms with Gasteiger partial charge in [-0.05, 0) is 71.4 Å². The predicted molar refractivity (Wildman–Crippen MR) is 156 cm³/mol. The number of rotatable bonds is 2. The lowest BCUT2D eigenvalue weighted by molar-refractivity contribution is 0.621. The van der Waals surface area contributed by atoms with Gasteiger partial charge in [0.05, 0.1) is 9.75 Å². The fraction of sp³-hybridized carbons (Fsp3) is 0. The summed E-state index contributed by atoms with van der Waals surface area (Å²) < 4.78 is 17.1. The van der Waals surface area contributed by atoms with Gasteiger partial charge < -0.3 is 8.83 Å². The monoisotopic (exact) mass is 530 g/mol. The quantitative estimate of drug-likeness (QED) is 0.223. The first kappa shape index (κ1) is 20.1. The largest absolute Gasteiger partial charge is 0.435 e. The maximum atomic E-state index is 6.03. The van der Waals surface area contributed by atoms with Gasteiger partial charge in [-0.15, -0.1) is 34.0 Å². The average molecular weight is 531 g/mol. The van der Waals surface area contributed by atoms with E-state index in [9.17, 15) is 0 Å². The Labute approximate surface area is 221 Å². The minimum Gasteiger partial charge on any atom is -0.435 e. The number of aromatic nitrogens is 2. The molecular formula is C30H14N2O2S3. The van der Waals surface area contributed by atoms with E-state index in [0.29, 0.717) is 11.8 Å². The van der Waals surface area contributed by atoms with Gasteiger partial charge in [-0.25, -0.2) is 9.97 Å². The lowest BCUT2D eigenvalue weighted by atomic mass is 10.1. The summed E-state index contributed by atoms with van der Waals surface area (Å²) in [6.07, 6.45) is 0. The summed E-state index contributed by atoms with van der Waals surface area (Å²) in [7, 11) is 0. The summed E-state index contributed by atoms with van der Waals surface area (Å²) >= 11 is 5.31. The van der Waals surface area contributed by atoms with Gasteiger partial charge in [0, 0.05) is 29.6 Å². The topological polar surface area (TPSA) is 52.1 Å². The molecule has 9 rings (SSSR count). The fourth-order valence-corrected chi connectivity index (χ4v) is 8.33. The van der Waals surface area contributed by atoms with Gasteiger partial charge >= 0.3 is 0 Å². The third-order valence-corrected chi connectivity index (χ3v) is 10.0. The van der Waals surface area contributed by atoms with Crippen LogP contribution in [0.1, 0.15) is 0 Å². The first-order valence-corrected chi connectivity index (χ1v) is 14.3. The van der Waals surface area contributed by atoms with Gasteiger partial charge in [0.1, 0.15) is 11.0 Å². The van der Waals surface area contributed by atoms with Crippen molar-refractivity contribution in [3.8, 4) is 21.5 Å². The summed E-state index contributed by atoms with van der Waals surface area (Å²) in [5.74, 6) is 1.37. The number of nitrogens with zero attached hydrogens (tertiary/aromatic N) is 2. The Bertz CT molecular complexity index is 2100. The van der Waals surface area contributed by atoms with E-state index in [1.807, 2.05) is 59.9 Å². The number of thiophene rings is 3. The van der Waals surface area contributed by atoms with Gasteiger partial charge in [0.25, 0.3) is 0 Å². The van der Waals surface area contributed by atoms with Gasteiger partial charge in [-0.2, -0.15) is 0 Å². The van der Waals surface area contributed by atoms with E-state index in [1.54, 1.807) is 22.7 Å². The van der Waals surface area contributed by atoms with Crippen LogP contribution in [-0.2, 0) is 0 Å². The summed E-state index contributed by atoms with van der Waals surface area (Å²) in [6, 6.07) is 29.4. The lowest BCUT2D eigenvalue weighted by Gasteiger charge is -1.94. The average Bonchev–Trinajstić information content (AvgIpc) is 3.72. The SMILES string of the molecule is c1ccc2oc(-c3cc4cc5c(cc4s3)sc3cc4sc(-c6nc7ccccc7o6)cc4cc35)nc2c1. The van der Waals surface area contributed by atoms with Gasteiger partial charge in [-0.3, -0.25) is 0 Å². The fourth-order valence-electron chi connectivity index (χ4n) is 5.01. The van der Waals surface area contributed by atoms with Crippen LogP contribution in [0.4, 0.5) is 0 Å². The highest BCUT2D eigenvalue weighted by atomic mass is 32.1. The maximum Gasteiger partial charge on any atom is 0.237 e. The Morgan fingerprint density at radius 1 is 0.486 bits per heavy atom. The van der Waals surface area contributed by atoms with Crippen LogP contribution >= 0.6 is 34.0 Å². The lowest BCUT2D eigenvalue weighted by Crippen LogP contribution is -1.69. The second-order valence-corrected chi connectivity index (χ2v) is 12.3. The van der Waals surface area contributed by atoms with Crippen molar-refractivity contribution in [2.45, 2.75) is 0 Å². The van der Waals surface area contributed by atoms with E-state index in [-0.39, 0.29) is 0 Å². The van der Waals surface area contributed by atoms with Crippen molar-refractivity contribution in [3.05, 3.63) is 84.9 Å². The molecular weight excluding hydrogens is 517 g/mol. The van der Waals surface area contributed by atoms with Crippen LogP contribution in [0.25, 0.3) is 84.1 Å². The Hall–Kier alpha value is -4.04. The van der Waals surface area contributed by atoms with Crippen molar-refractivity contribution in [2.24, 2.45) is 0 Å². The first-order chi connectivity index (χ1) is 18.2. The molecule has 9 aromatic rings. The van der Waals surface area contributed by atoms with Crippen molar-refractivity contribution in [1.82, 2.24) is 9.97 Å². The zero-order chi connectivity index (χ0) is 24.1. The van der Waals surface area contributed by atoms with Crippen LogP contribution in [0, 0.1) is 0 Å². The number of benzene rings is 4. The molecule has 0 saturated carbocycles. The predicted octanol–water partition coefficient (Wildman–Crippen LogP) is 10.1. The molecule has 0 fully saturated rings. The molecule has 4 aromatic carbocycles. The van der Waals surface area contributed by atoms with E-state index in [1.165, 1.54) is 40.3 Å². The summed E-state index contributed by atoms with van der Waals surface area (Å²) in [5, 5.41) is 5.00. The van der Waals surface area contributed by atoms with Crippen molar-refractivity contribution in [1.29, 1.82) is 0 Å². The second kappa shape index (κ2) is 7.26. The standard InChI is InChI=1S/C30H14N2O2S3/c1-3-7-21-19(5-1)31-29(33-21)27-11-15-9-17-18-10-16-12-28(30-32-20-6-2-4-8-22(20)34-30)36-24(16)14-26(18)37-25(17)13-23(15)35-27/h1-14H. The minimum absolute atomic E-state index is 0.683. The third-order valence-electron chi connectivity index (χ3n) is 6.76. The molecule has 0 atom stereocenters. The number of hydrogen-bond acceptors (Lipinski definition) is 7. The van der Waals surface area contributed by atoms with Crippen LogP contribution in [0.5, 0.6) is 0 Å². The molecule has 174 valence electrons. The highest BCUT2D eigenvalue weighted by Crippen LogP contribution is 2.44. The zero-order valence-electron chi connectivity index (χ0n) is 19.0. The molecule has 0 N–H and O–H groups in total. The first-order valence-electron chi connectivity index (χ1n) is 11.8. The Balaban J connectivity index is 1.19. The molecule has 5 aromatic heterocycles. The molecule has 0 spiro atoms. The normalized spacial score (nSPS) is 12.3. The number of oxazole rings is 2. The van der Waals surface area contributed by atoms with Gasteiger partial charge in [0.2, 0.25) is 11.8 Å². The van der Waals surface area contributed by atoms with Crippen molar-refractivity contribution in [3.63, 3.8) is 0 Å². The highest BCUT2D eigenvalue weighted by Gasteiger charge is 2.16. The summed E-state index contributed by atoms with van der Waals surface area (Å²) in [5.41, 5.74) is 3.41. The van der Waals surface area contributed by atoms with Crippen molar-refractivity contribution < 1.29 is 8.83 Å². The van der Waals surface area contributed by atoms with Crippen LogP contribution in [0.3, 0.4) is 0 Å². The van der Waals surface area contributed by atoms with E-state index in [0.717, 1.165) is 32.0 Å². The van der Waals surface area contributed by atoms with Crippen molar-refractivity contribution in [2.75, 3.05) is 0 Å². The molecule has 5 heterocycles. The Kier molecular flexibility index (Phi) is 3.94. The maximum absolute atomic E-state index is 6.03. The smallest absolute Gasteiger partial charge is 0.237 e. The zero-order valence-corrected chi connectivity index (χ0v) is 21.5. The van der Waals surface area contributed by atoms with E-state index in [4.69, 9.17) is 18.8 Å². The molecule has 0 unspecified atom stereocenters. The third kappa shape index (κ3) is 2.99. The second-order valence-electron chi connectivity index (χ2n) is 9.07. The van der Waals surface area contributed by atoms with E-state index < -0.39 is 0 Å². The summed E-state index contributed by atoms with van der Waals surface area (Å²) in [4.78, 5) is 11.5. The van der Waals surface area contributed by atoms with Gasteiger partial charge in [-0.1, -0.05) is 24.3 Å². The molecule has 0 aliphatic carbocycles. The molecule has 37 heavy (non-hydrogen) atoms. The molecule has 7 heteroatoms. The van der Waals surface area contributed by atoms with Crippen molar-refractivity contribution >= 4 is 96.6 Å². The van der Waals surface area contributed by atoms with Gasteiger partial charge in [0.15, 0.2) is 11.2 Å². The molecule has 0 amide bonds. The number of hydrogen-bond donors (Lipinski definition) is 0. The molecule has 0 aliphatic heterocycles. The van der Waals surface area contributed by atoms with Crippen LogP contribution < -0.4 is 0 Å². The van der Waals surface area contributed by atoms with Crippen LogP contribution in [0.15, 0.2) is 93.8 Å². The number of para-hydroxylation sites is 4. The Morgan fingerprint density at radius 3 is 1.46 bits per heavy atom. The molecule has 4 nitrogen and oxygen atoms in total. The molecule has 0 bridgehead atoms.